The molecule has 242 valence electrons. The number of H-pyrrole nitrogens is 1. The summed E-state index contributed by atoms with van der Waals surface area (Å²) in [6, 6.07) is 8.05. The summed E-state index contributed by atoms with van der Waals surface area (Å²) in [6.07, 6.45) is 8.86. The number of piperidine rings is 1. The minimum Gasteiger partial charge on any atom is -0.444 e. The van der Waals surface area contributed by atoms with Crippen molar-refractivity contribution in [2.45, 2.75) is 103 Å². The molecule has 3 saturated heterocycles. The van der Waals surface area contributed by atoms with Gasteiger partial charge in [-0.3, -0.25) is 4.79 Å². The fourth-order valence-corrected chi connectivity index (χ4v) is 6.99. The van der Waals surface area contributed by atoms with Crippen LogP contribution in [-0.4, -0.2) is 76.2 Å². The average Bonchev–Trinajstić information content (AvgIpc) is 3.76. The number of pyridine rings is 1. The summed E-state index contributed by atoms with van der Waals surface area (Å²) >= 11 is 0. The Hall–Kier alpha value is -3.79. The maximum Gasteiger partial charge on any atom is 0.410 e. The first kappa shape index (κ1) is 31.2. The van der Waals surface area contributed by atoms with E-state index in [-0.39, 0.29) is 23.0 Å². The predicted octanol–water partition coefficient (Wildman–Crippen LogP) is 5.68. The van der Waals surface area contributed by atoms with Crippen molar-refractivity contribution in [1.29, 1.82) is 0 Å². The van der Waals surface area contributed by atoms with Crippen LogP contribution in [0.4, 0.5) is 16.2 Å². The SMILES string of the molecule is CCC1(Nc2cc[nH]c(=O)c2C(N)=Nc2ccc(C(=C3CC3)N3CC4CCC(C3)O4)c(C)c2)CCN(C(=O)OC(C)(C)C)CC1. The van der Waals surface area contributed by atoms with Crippen LogP contribution in [0.15, 0.2) is 45.8 Å². The highest BCUT2D eigenvalue weighted by Crippen LogP contribution is 2.42. The molecule has 4 aliphatic rings. The molecule has 0 spiro atoms. The molecule has 0 radical (unpaired) electrons. The van der Waals surface area contributed by atoms with Crippen LogP contribution in [0.2, 0.25) is 0 Å². The molecule has 1 saturated carbocycles. The summed E-state index contributed by atoms with van der Waals surface area (Å²) in [5.41, 5.74) is 12.4. The highest BCUT2D eigenvalue weighted by Gasteiger charge is 2.38. The molecule has 4 heterocycles. The highest BCUT2D eigenvalue weighted by molar-refractivity contribution is 6.03. The van der Waals surface area contributed by atoms with Gasteiger partial charge in [-0.1, -0.05) is 13.0 Å². The Labute approximate surface area is 266 Å². The van der Waals surface area contributed by atoms with Crippen LogP contribution in [-0.2, 0) is 9.47 Å². The Kier molecular flexibility index (Phi) is 8.45. The summed E-state index contributed by atoms with van der Waals surface area (Å²) < 4.78 is 11.7. The number of nitrogens with two attached hydrogens (primary N) is 1. The Morgan fingerprint density at radius 1 is 1.13 bits per heavy atom. The van der Waals surface area contributed by atoms with Crippen molar-refractivity contribution < 1.29 is 14.3 Å². The molecule has 1 aromatic carbocycles. The maximum atomic E-state index is 13.2. The van der Waals surface area contributed by atoms with E-state index in [1.165, 1.54) is 16.8 Å². The van der Waals surface area contributed by atoms with Crippen molar-refractivity contribution in [3.8, 4) is 0 Å². The van der Waals surface area contributed by atoms with Crippen LogP contribution in [0.3, 0.4) is 0 Å². The van der Waals surface area contributed by atoms with Gasteiger partial charge in [-0.05, 0) is 102 Å². The molecule has 45 heavy (non-hydrogen) atoms. The molecule has 10 heteroatoms. The number of amides is 1. The topological polar surface area (TPSA) is 125 Å². The number of fused-ring (bicyclic) bond motifs is 2. The second-order valence-corrected chi connectivity index (χ2v) is 14.1. The van der Waals surface area contributed by atoms with E-state index in [1.54, 1.807) is 11.1 Å². The number of hydrogen-bond donors (Lipinski definition) is 3. The number of aryl methyl sites for hydroxylation is 1. The van der Waals surface area contributed by atoms with Crippen molar-refractivity contribution in [1.82, 2.24) is 14.8 Å². The van der Waals surface area contributed by atoms with Gasteiger partial charge in [-0.25, -0.2) is 9.79 Å². The van der Waals surface area contributed by atoms with Crippen LogP contribution >= 0.6 is 0 Å². The number of aliphatic imine (C=N–C) groups is 1. The molecule has 2 unspecified atom stereocenters. The molecule has 4 N–H and O–H groups in total. The van der Waals surface area contributed by atoms with Gasteiger partial charge in [-0.2, -0.15) is 0 Å². The van der Waals surface area contributed by atoms with Crippen molar-refractivity contribution in [3.05, 3.63) is 63.1 Å². The largest absolute Gasteiger partial charge is 0.444 e. The Balaban J connectivity index is 1.21. The second kappa shape index (κ2) is 12.2. The smallest absolute Gasteiger partial charge is 0.410 e. The number of nitrogens with one attached hydrogen (secondary N) is 2. The van der Waals surface area contributed by atoms with Crippen molar-refractivity contribution in [2.24, 2.45) is 10.7 Å². The molecule has 4 fully saturated rings. The van der Waals surface area contributed by atoms with Gasteiger partial charge in [0.2, 0.25) is 0 Å². The third-order valence-electron chi connectivity index (χ3n) is 9.58. The van der Waals surface area contributed by atoms with Gasteiger partial charge in [0.25, 0.3) is 5.56 Å². The Bertz CT molecular complexity index is 1540. The minimum absolute atomic E-state index is 0.162. The average molecular weight is 617 g/mol. The lowest BCUT2D eigenvalue weighted by Crippen LogP contribution is -2.51. The number of ether oxygens (including phenoxy) is 2. The number of likely N-dealkylation sites (tertiary alicyclic amines) is 2. The Morgan fingerprint density at radius 3 is 2.42 bits per heavy atom. The third kappa shape index (κ3) is 6.90. The molecule has 6 rings (SSSR count). The number of aromatic nitrogens is 1. The molecular weight excluding hydrogens is 568 g/mol. The molecule has 2 aromatic rings. The number of morpholine rings is 1. The number of anilines is 1. The van der Waals surface area contributed by atoms with Gasteiger partial charge in [-0.15, -0.1) is 0 Å². The van der Waals surface area contributed by atoms with Crippen LogP contribution in [0.5, 0.6) is 0 Å². The lowest BCUT2D eigenvalue weighted by molar-refractivity contribution is -0.0190. The standard InChI is InChI=1S/C35H48N6O4/c1-6-35(14-17-40(18-15-35)33(43)45-34(3,4)5)39-28-13-16-37-32(42)29(28)31(36)38-24-9-12-27(22(2)19-24)30(23-7-8-23)41-20-25-10-11-26(21-41)44-25/h9,12-13,16,19,25-26H,6-8,10-11,14-15,17-18,20-21H2,1-5H3,(H2,36,38)(H2,37,39,42). The number of aromatic amines is 1. The maximum absolute atomic E-state index is 13.2. The van der Waals surface area contributed by atoms with Crippen molar-refractivity contribution in [3.63, 3.8) is 0 Å². The number of allylic oxidation sites excluding steroid dienone is 1. The first-order chi connectivity index (χ1) is 21.4. The zero-order valence-electron chi connectivity index (χ0n) is 27.4. The van der Waals surface area contributed by atoms with E-state index in [0.717, 1.165) is 63.6 Å². The van der Waals surface area contributed by atoms with Gasteiger partial charge >= 0.3 is 6.09 Å². The summed E-state index contributed by atoms with van der Waals surface area (Å²) in [7, 11) is 0. The van der Waals surface area contributed by atoms with Gasteiger partial charge in [0.05, 0.1) is 23.6 Å². The fraction of sp³-hybridized carbons (Fsp3) is 0.571. The fourth-order valence-electron chi connectivity index (χ4n) is 6.99. The number of benzene rings is 1. The lowest BCUT2D eigenvalue weighted by Gasteiger charge is -2.43. The van der Waals surface area contributed by atoms with Crippen LogP contribution in [0.1, 0.15) is 89.3 Å². The van der Waals surface area contributed by atoms with Gasteiger partial charge < -0.3 is 35.3 Å². The summed E-state index contributed by atoms with van der Waals surface area (Å²) in [5, 5.41) is 3.65. The van der Waals surface area contributed by atoms with Crippen molar-refractivity contribution >= 4 is 29.0 Å². The van der Waals surface area contributed by atoms with Gasteiger partial charge in [0, 0.05) is 49.2 Å². The molecule has 2 bridgehead atoms. The molecule has 2 atom stereocenters. The van der Waals surface area contributed by atoms with Gasteiger partial charge in [0.1, 0.15) is 17.0 Å². The minimum atomic E-state index is -0.538. The zero-order chi connectivity index (χ0) is 31.9. The summed E-state index contributed by atoms with van der Waals surface area (Å²) in [5.74, 6) is 0.162. The number of carbonyl (C=O) groups excluding carboxylic acids is 1. The van der Waals surface area contributed by atoms with E-state index in [4.69, 9.17) is 20.2 Å². The first-order valence-corrected chi connectivity index (χ1v) is 16.5. The molecule has 1 aromatic heterocycles. The normalized spacial score (nSPS) is 22.8. The predicted molar refractivity (Wildman–Crippen MR) is 178 cm³/mol. The van der Waals surface area contributed by atoms with E-state index in [0.29, 0.717) is 42.2 Å². The molecule has 10 nitrogen and oxygen atoms in total. The highest BCUT2D eigenvalue weighted by atomic mass is 16.6. The van der Waals surface area contributed by atoms with Crippen LogP contribution < -0.4 is 16.6 Å². The van der Waals surface area contributed by atoms with E-state index in [9.17, 15) is 9.59 Å². The van der Waals surface area contributed by atoms with Gasteiger partial charge in [0.15, 0.2) is 0 Å². The van der Waals surface area contributed by atoms with E-state index in [1.807, 2.05) is 32.9 Å². The van der Waals surface area contributed by atoms with Crippen molar-refractivity contribution in [2.75, 3.05) is 31.5 Å². The first-order valence-electron chi connectivity index (χ1n) is 16.5. The Morgan fingerprint density at radius 2 is 1.82 bits per heavy atom. The number of amidine groups is 1. The third-order valence-corrected chi connectivity index (χ3v) is 9.58. The van der Waals surface area contributed by atoms with Crippen LogP contribution in [0, 0.1) is 6.92 Å². The van der Waals surface area contributed by atoms with E-state index < -0.39 is 5.60 Å². The monoisotopic (exact) mass is 616 g/mol. The number of rotatable bonds is 7. The molecule has 1 aliphatic carbocycles. The summed E-state index contributed by atoms with van der Waals surface area (Å²) in [4.78, 5) is 37.6. The lowest BCUT2D eigenvalue weighted by atomic mass is 9.84. The zero-order valence-corrected chi connectivity index (χ0v) is 27.4. The van der Waals surface area contributed by atoms with E-state index >= 15 is 0 Å². The van der Waals surface area contributed by atoms with Crippen LogP contribution in [0.25, 0.3) is 5.70 Å². The number of carbonyl (C=O) groups is 1. The molecule has 1 amide bonds. The second-order valence-electron chi connectivity index (χ2n) is 14.1. The number of hydrogen-bond acceptors (Lipinski definition) is 7. The molecular formula is C35H48N6O4. The quantitative estimate of drug-likeness (QED) is 0.270. The number of nitrogens with zero attached hydrogens (tertiary/aromatic N) is 3. The molecule has 3 aliphatic heterocycles. The van der Waals surface area contributed by atoms with E-state index in [2.05, 4.69) is 41.2 Å². The summed E-state index contributed by atoms with van der Waals surface area (Å²) in [6.45, 7) is 12.9.